The lowest BCUT2D eigenvalue weighted by molar-refractivity contribution is -0.118. The highest BCUT2D eigenvalue weighted by atomic mass is 32.2. The van der Waals surface area contributed by atoms with Crippen LogP contribution in [0.4, 0.5) is 10.1 Å². The number of hydrogen-bond acceptors (Lipinski definition) is 4. The molecule has 0 saturated heterocycles. The van der Waals surface area contributed by atoms with Crippen molar-refractivity contribution >= 4 is 21.4 Å². The van der Waals surface area contributed by atoms with E-state index in [1.807, 2.05) is 13.0 Å². The van der Waals surface area contributed by atoms with E-state index in [1.165, 1.54) is 0 Å². The predicted octanol–water partition coefficient (Wildman–Crippen LogP) is 2.56. The summed E-state index contributed by atoms with van der Waals surface area (Å²) in [5, 5.41) is 2.30. The molecule has 0 unspecified atom stereocenters. The van der Waals surface area contributed by atoms with Crippen molar-refractivity contribution in [3.63, 3.8) is 0 Å². The van der Waals surface area contributed by atoms with Crippen molar-refractivity contribution in [3.05, 3.63) is 53.8 Å². The zero-order valence-corrected chi connectivity index (χ0v) is 13.5. The maximum absolute atomic E-state index is 13.7. The van der Waals surface area contributed by atoms with Crippen LogP contribution in [0.2, 0.25) is 0 Å². The Hall–Kier alpha value is -2.41. The molecule has 2 aromatic carbocycles. The first kappa shape index (κ1) is 17.0. The third-order valence-corrected chi connectivity index (χ3v) is 4.11. The Labute approximate surface area is 134 Å². The largest absolute Gasteiger partial charge is 0.484 e. The fraction of sp³-hybridized carbons (Fsp3) is 0.188. The molecule has 0 heterocycles. The number of hydrogen-bond donors (Lipinski definition) is 1. The van der Waals surface area contributed by atoms with E-state index in [-0.39, 0.29) is 17.2 Å². The number of anilines is 1. The summed E-state index contributed by atoms with van der Waals surface area (Å²) in [5.41, 5.74) is 0.778. The lowest BCUT2D eigenvalue weighted by atomic mass is 10.2. The molecule has 0 aromatic heterocycles. The van der Waals surface area contributed by atoms with E-state index >= 15 is 0 Å². The number of carbonyl (C=O) groups excluding carboxylic acids is 1. The van der Waals surface area contributed by atoms with Crippen LogP contribution in [0, 0.1) is 12.7 Å². The Morgan fingerprint density at radius 3 is 2.61 bits per heavy atom. The highest BCUT2D eigenvalue weighted by Crippen LogP contribution is 2.19. The molecule has 122 valence electrons. The molecule has 2 aromatic rings. The van der Waals surface area contributed by atoms with Gasteiger partial charge in [0.05, 0.1) is 10.6 Å². The highest BCUT2D eigenvalue weighted by molar-refractivity contribution is 7.90. The quantitative estimate of drug-likeness (QED) is 0.851. The second-order valence-electron chi connectivity index (χ2n) is 5.07. The van der Waals surface area contributed by atoms with Crippen LogP contribution in [0.15, 0.2) is 47.4 Å². The average Bonchev–Trinajstić information content (AvgIpc) is 2.46. The molecule has 0 saturated carbocycles. The van der Waals surface area contributed by atoms with Crippen LogP contribution in [0.3, 0.4) is 0 Å². The molecule has 0 aliphatic carbocycles. The van der Waals surface area contributed by atoms with Gasteiger partial charge < -0.3 is 10.1 Å². The number of amides is 1. The summed E-state index contributed by atoms with van der Waals surface area (Å²) in [4.78, 5) is 11.8. The number of halogens is 1. The molecule has 0 atom stereocenters. The van der Waals surface area contributed by atoms with Crippen molar-refractivity contribution in [2.75, 3.05) is 18.2 Å². The Kier molecular flexibility index (Phi) is 5.00. The Bertz CT molecular complexity index is 834. The summed E-state index contributed by atoms with van der Waals surface area (Å²) in [6, 6.07) is 10.4. The van der Waals surface area contributed by atoms with Gasteiger partial charge in [0.25, 0.3) is 5.91 Å². The predicted molar refractivity (Wildman–Crippen MR) is 84.8 cm³/mol. The van der Waals surface area contributed by atoms with Crippen LogP contribution in [-0.4, -0.2) is 27.2 Å². The first-order chi connectivity index (χ1) is 10.8. The van der Waals surface area contributed by atoms with E-state index in [0.29, 0.717) is 5.75 Å². The van der Waals surface area contributed by atoms with Crippen molar-refractivity contribution in [2.45, 2.75) is 11.8 Å². The fourth-order valence-electron chi connectivity index (χ4n) is 1.87. The van der Waals surface area contributed by atoms with E-state index < -0.39 is 21.6 Å². The molecule has 0 radical (unpaired) electrons. The molecule has 0 aliphatic rings. The number of aryl methyl sites for hydroxylation is 1. The maximum atomic E-state index is 13.7. The topological polar surface area (TPSA) is 72.5 Å². The smallest absolute Gasteiger partial charge is 0.262 e. The van der Waals surface area contributed by atoms with Crippen molar-refractivity contribution in [1.29, 1.82) is 0 Å². The lowest BCUT2D eigenvalue weighted by Gasteiger charge is -2.09. The van der Waals surface area contributed by atoms with Gasteiger partial charge in [0.1, 0.15) is 11.6 Å². The van der Waals surface area contributed by atoms with Gasteiger partial charge in [-0.3, -0.25) is 4.79 Å². The molecule has 23 heavy (non-hydrogen) atoms. The minimum absolute atomic E-state index is 0.0752. The Balaban J connectivity index is 2.05. The second-order valence-corrected chi connectivity index (χ2v) is 7.08. The molecule has 1 amide bonds. The molecule has 0 spiro atoms. The van der Waals surface area contributed by atoms with E-state index in [1.54, 1.807) is 18.2 Å². The van der Waals surface area contributed by atoms with Crippen molar-refractivity contribution < 1.29 is 22.3 Å². The van der Waals surface area contributed by atoms with Crippen LogP contribution in [0.25, 0.3) is 0 Å². The molecule has 1 N–H and O–H groups in total. The van der Waals surface area contributed by atoms with Crippen LogP contribution in [0.1, 0.15) is 5.56 Å². The van der Waals surface area contributed by atoms with Crippen molar-refractivity contribution in [3.8, 4) is 5.75 Å². The maximum Gasteiger partial charge on any atom is 0.262 e. The molecular weight excluding hydrogens is 321 g/mol. The first-order valence-electron chi connectivity index (χ1n) is 6.74. The van der Waals surface area contributed by atoms with Gasteiger partial charge in [-0.05, 0) is 42.8 Å². The average molecular weight is 337 g/mol. The van der Waals surface area contributed by atoms with Crippen LogP contribution >= 0.6 is 0 Å². The number of carbonyl (C=O) groups is 1. The minimum Gasteiger partial charge on any atom is -0.484 e. The molecule has 5 nitrogen and oxygen atoms in total. The van der Waals surface area contributed by atoms with Gasteiger partial charge in [-0.25, -0.2) is 12.8 Å². The number of rotatable bonds is 5. The Morgan fingerprint density at radius 2 is 1.96 bits per heavy atom. The van der Waals surface area contributed by atoms with Crippen molar-refractivity contribution in [2.24, 2.45) is 0 Å². The molecule has 0 bridgehead atoms. The summed E-state index contributed by atoms with van der Waals surface area (Å²) in [6.45, 7) is 1.57. The molecule has 0 fully saturated rings. The summed E-state index contributed by atoms with van der Waals surface area (Å²) < 4.78 is 41.9. The van der Waals surface area contributed by atoms with E-state index in [2.05, 4.69) is 5.32 Å². The summed E-state index contributed by atoms with van der Waals surface area (Å²) in [7, 11) is -3.49. The van der Waals surface area contributed by atoms with Crippen LogP contribution in [0.5, 0.6) is 5.75 Å². The SMILES string of the molecule is Cc1cccc(OCC(=O)Nc2cc(S(C)(=O)=O)ccc2F)c1. The lowest BCUT2D eigenvalue weighted by Crippen LogP contribution is -2.21. The Morgan fingerprint density at radius 1 is 1.22 bits per heavy atom. The summed E-state index contributed by atoms with van der Waals surface area (Å²) in [5.74, 6) is -0.789. The normalized spacial score (nSPS) is 11.1. The molecule has 2 rings (SSSR count). The van der Waals surface area contributed by atoms with Gasteiger partial charge >= 0.3 is 0 Å². The van der Waals surface area contributed by atoms with Gasteiger partial charge in [-0.15, -0.1) is 0 Å². The third-order valence-electron chi connectivity index (χ3n) is 3.00. The van der Waals surface area contributed by atoms with E-state index in [9.17, 15) is 17.6 Å². The van der Waals surface area contributed by atoms with E-state index in [4.69, 9.17) is 4.74 Å². The second kappa shape index (κ2) is 6.78. The molecule has 0 aliphatic heterocycles. The summed E-state index contributed by atoms with van der Waals surface area (Å²) >= 11 is 0. The zero-order chi connectivity index (χ0) is 17.0. The van der Waals surface area contributed by atoms with Gasteiger partial charge in [0, 0.05) is 6.26 Å². The first-order valence-corrected chi connectivity index (χ1v) is 8.64. The molecular formula is C16H16FNO4S. The van der Waals surface area contributed by atoms with Crippen LogP contribution < -0.4 is 10.1 Å². The third kappa shape index (κ3) is 4.79. The highest BCUT2D eigenvalue weighted by Gasteiger charge is 2.13. The standard InChI is InChI=1S/C16H16FNO4S/c1-11-4-3-5-12(8-11)22-10-16(19)18-15-9-13(23(2,20)21)6-7-14(15)17/h3-9H,10H2,1-2H3,(H,18,19). The van der Waals surface area contributed by atoms with Gasteiger partial charge in [0.15, 0.2) is 16.4 Å². The number of benzene rings is 2. The summed E-state index contributed by atoms with van der Waals surface area (Å²) in [6.07, 6.45) is 1.01. The zero-order valence-electron chi connectivity index (χ0n) is 12.7. The van der Waals surface area contributed by atoms with Gasteiger partial charge in [-0.1, -0.05) is 12.1 Å². The van der Waals surface area contributed by atoms with Gasteiger partial charge in [-0.2, -0.15) is 0 Å². The fourth-order valence-corrected chi connectivity index (χ4v) is 2.52. The number of ether oxygens (including phenoxy) is 1. The minimum atomic E-state index is -3.49. The number of nitrogens with one attached hydrogen (secondary N) is 1. The number of sulfone groups is 1. The van der Waals surface area contributed by atoms with E-state index in [0.717, 1.165) is 30.0 Å². The van der Waals surface area contributed by atoms with Crippen molar-refractivity contribution in [1.82, 2.24) is 0 Å². The van der Waals surface area contributed by atoms with Gasteiger partial charge in [0.2, 0.25) is 0 Å². The van der Waals surface area contributed by atoms with Crippen LogP contribution in [-0.2, 0) is 14.6 Å². The monoisotopic (exact) mass is 337 g/mol. The molecule has 7 heteroatoms.